The molecule has 5 rings (SSSR count). The molecule has 0 unspecified atom stereocenters. The van der Waals surface area contributed by atoms with Gasteiger partial charge in [-0.3, -0.25) is 9.78 Å². The largest absolute Gasteiger partial charge is 0.324 e. The van der Waals surface area contributed by atoms with Gasteiger partial charge in [-0.1, -0.05) is 26.8 Å². The summed E-state index contributed by atoms with van der Waals surface area (Å²) >= 11 is 0. The molecule has 34 heavy (non-hydrogen) atoms. The van der Waals surface area contributed by atoms with Crippen molar-refractivity contribution in [1.29, 1.82) is 0 Å². The summed E-state index contributed by atoms with van der Waals surface area (Å²) in [6.07, 6.45) is 5.39. The monoisotopic (exact) mass is 457 g/mol. The zero-order valence-corrected chi connectivity index (χ0v) is 20.2. The molecule has 4 aromatic rings. The highest BCUT2D eigenvalue weighted by atomic mass is 16.1. The first kappa shape index (κ1) is 22.3. The minimum Gasteiger partial charge on any atom is -0.324 e. The maximum Gasteiger partial charge on any atom is 0.278 e. The van der Waals surface area contributed by atoms with Gasteiger partial charge in [0.25, 0.3) is 5.56 Å². The first-order valence-corrected chi connectivity index (χ1v) is 12.0. The Morgan fingerprint density at radius 3 is 2.76 bits per heavy atom. The third kappa shape index (κ3) is 3.88. The van der Waals surface area contributed by atoms with Crippen LogP contribution in [0.15, 0.2) is 47.5 Å². The minimum atomic E-state index is -0.0987. The Morgan fingerprint density at radius 1 is 1.12 bits per heavy atom. The van der Waals surface area contributed by atoms with Gasteiger partial charge in [0.15, 0.2) is 5.65 Å². The van der Waals surface area contributed by atoms with Gasteiger partial charge in [0.05, 0.1) is 5.69 Å². The predicted molar refractivity (Wildman–Crippen MR) is 135 cm³/mol. The van der Waals surface area contributed by atoms with Gasteiger partial charge >= 0.3 is 0 Å². The Bertz CT molecular complexity index is 1420. The molecule has 0 fully saturated rings. The van der Waals surface area contributed by atoms with Gasteiger partial charge in [-0.05, 0) is 61.7 Å². The molecular weight excluding hydrogens is 426 g/mol. The Morgan fingerprint density at radius 2 is 1.97 bits per heavy atom. The molecule has 176 valence electrons. The number of aromatic nitrogens is 5. The highest BCUT2D eigenvalue weighted by molar-refractivity contribution is 5.77. The molecule has 1 aliphatic heterocycles. The lowest BCUT2D eigenvalue weighted by atomic mass is 9.86. The van der Waals surface area contributed by atoms with Gasteiger partial charge in [-0.15, -0.1) is 0 Å². The molecule has 0 bridgehead atoms. The number of rotatable bonds is 6. The molecule has 0 atom stereocenters. The van der Waals surface area contributed by atoms with Gasteiger partial charge in [-0.2, -0.15) is 4.98 Å². The van der Waals surface area contributed by atoms with Crippen molar-refractivity contribution in [3.05, 3.63) is 69.9 Å². The third-order valence-electron chi connectivity index (χ3n) is 6.89. The van der Waals surface area contributed by atoms with E-state index < -0.39 is 0 Å². The van der Waals surface area contributed by atoms with Crippen molar-refractivity contribution in [2.24, 2.45) is 0 Å². The maximum absolute atomic E-state index is 13.1. The van der Waals surface area contributed by atoms with Crippen LogP contribution < -0.4 is 16.2 Å². The number of nitrogens with zero attached hydrogens (tertiary/aromatic N) is 5. The summed E-state index contributed by atoms with van der Waals surface area (Å²) in [5, 5.41) is 7.23. The summed E-state index contributed by atoms with van der Waals surface area (Å²) in [5.41, 5.74) is 5.87. The molecule has 0 spiro atoms. The standard InChI is InChI=1S/C26H31N7O/c1-5-26(3,4)22-14-20(10-12-28-22)33-23-21(24(34)32(33)6-2)16-29-25(31-23)30-19-8-7-18-15-27-11-9-17(18)13-19/h7-8,10,12-14,16,27H,5-6,9,11,15H2,1-4H3,(H,29,30,31). The summed E-state index contributed by atoms with van der Waals surface area (Å²) in [7, 11) is 0. The van der Waals surface area contributed by atoms with E-state index in [9.17, 15) is 4.79 Å². The predicted octanol–water partition coefficient (Wildman–Crippen LogP) is 4.07. The zero-order valence-electron chi connectivity index (χ0n) is 20.2. The number of pyridine rings is 1. The molecule has 0 radical (unpaired) electrons. The smallest absolute Gasteiger partial charge is 0.278 e. The van der Waals surface area contributed by atoms with Crippen LogP contribution in [0.25, 0.3) is 16.7 Å². The summed E-state index contributed by atoms with van der Waals surface area (Å²) in [5.74, 6) is 0.464. The fraction of sp³-hybridized carbons (Fsp3) is 0.385. The van der Waals surface area contributed by atoms with E-state index in [0.29, 0.717) is 23.5 Å². The Balaban J connectivity index is 1.60. The average Bonchev–Trinajstić information content (AvgIpc) is 3.14. The van der Waals surface area contributed by atoms with Gasteiger partial charge in [-0.25, -0.2) is 14.3 Å². The maximum atomic E-state index is 13.1. The Hall–Kier alpha value is -3.52. The van der Waals surface area contributed by atoms with Crippen LogP contribution >= 0.6 is 0 Å². The van der Waals surface area contributed by atoms with Gasteiger partial charge < -0.3 is 10.6 Å². The first-order chi connectivity index (χ1) is 16.4. The van der Waals surface area contributed by atoms with Gasteiger partial charge in [0, 0.05) is 42.3 Å². The lowest BCUT2D eigenvalue weighted by molar-refractivity contribution is 0.488. The van der Waals surface area contributed by atoms with Crippen molar-refractivity contribution in [3.8, 4) is 5.69 Å². The van der Waals surface area contributed by atoms with E-state index in [1.165, 1.54) is 11.1 Å². The Labute approximate surface area is 199 Å². The first-order valence-electron chi connectivity index (χ1n) is 12.0. The molecule has 1 aliphatic rings. The van der Waals surface area contributed by atoms with E-state index in [1.54, 1.807) is 17.1 Å². The van der Waals surface area contributed by atoms with E-state index in [4.69, 9.17) is 4.98 Å². The van der Waals surface area contributed by atoms with Crippen LogP contribution in [0.3, 0.4) is 0 Å². The normalized spacial score (nSPS) is 13.8. The molecule has 0 saturated carbocycles. The number of nitrogens with one attached hydrogen (secondary N) is 2. The molecular formula is C26H31N7O. The van der Waals surface area contributed by atoms with E-state index in [-0.39, 0.29) is 11.0 Å². The fourth-order valence-corrected chi connectivity index (χ4v) is 4.42. The molecule has 3 aromatic heterocycles. The number of anilines is 2. The van der Waals surface area contributed by atoms with E-state index in [1.807, 2.05) is 23.7 Å². The van der Waals surface area contributed by atoms with Crippen LogP contribution in [0.5, 0.6) is 0 Å². The Kier molecular flexibility index (Phi) is 5.69. The lowest BCUT2D eigenvalue weighted by Gasteiger charge is -2.23. The van der Waals surface area contributed by atoms with Crippen molar-refractivity contribution in [1.82, 2.24) is 29.6 Å². The van der Waals surface area contributed by atoms with Crippen LogP contribution in [-0.2, 0) is 24.9 Å². The molecule has 8 heteroatoms. The summed E-state index contributed by atoms with van der Waals surface area (Å²) in [6.45, 7) is 10.9. The molecule has 8 nitrogen and oxygen atoms in total. The average molecular weight is 458 g/mol. The van der Waals surface area contributed by atoms with Crippen molar-refractivity contribution in [2.75, 3.05) is 11.9 Å². The lowest BCUT2D eigenvalue weighted by Crippen LogP contribution is -2.23. The van der Waals surface area contributed by atoms with Crippen molar-refractivity contribution in [2.45, 2.75) is 59.0 Å². The SMILES string of the molecule is CCn1c(=O)c2cnc(Nc3ccc4c(c3)CCNC4)nc2n1-c1ccnc(C(C)(C)CC)c1. The van der Waals surface area contributed by atoms with Gasteiger partial charge in [0.2, 0.25) is 5.95 Å². The third-order valence-corrected chi connectivity index (χ3v) is 6.89. The number of fused-ring (bicyclic) bond motifs is 2. The second-order valence-electron chi connectivity index (χ2n) is 9.44. The molecule has 0 amide bonds. The highest BCUT2D eigenvalue weighted by Crippen LogP contribution is 2.27. The van der Waals surface area contributed by atoms with Crippen molar-refractivity contribution < 1.29 is 0 Å². The fourth-order valence-electron chi connectivity index (χ4n) is 4.42. The second-order valence-corrected chi connectivity index (χ2v) is 9.44. The quantitative estimate of drug-likeness (QED) is 0.454. The number of benzene rings is 1. The summed E-state index contributed by atoms with van der Waals surface area (Å²) < 4.78 is 3.59. The van der Waals surface area contributed by atoms with Crippen LogP contribution in [0.2, 0.25) is 0 Å². The van der Waals surface area contributed by atoms with Crippen molar-refractivity contribution >= 4 is 22.7 Å². The highest BCUT2D eigenvalue weighted by Gasteiger charge is 2.22. The molecule has 4 heterocycles. The molecule has 0 saturated heterocycles. The van der Waals surface area contributed by atoms with Crippen LogP contribution in [0.1, 0.15) is 50.9 Å². The zero-order chi connectivity index (χ0) is 23.9. The van der Waals surface area contributed by atoms with Crippen LogP contribution in [0.4, 0.5) is 11.6 Å². The van der Waals surface area contributed by atoms with E-state index >= 15 is 0 Å². The minimum absolute atomic E-state index is 0.0695. The molecule has 2 N–H and O–H groups in total. The topological polar surface area (TPSA) is 89.7 Å². The summed E-state index contributed by atoms with van der Waals surface area (Å²) in [4.78, 5) is 27.0. The molecule has 1 aromatic carbocycles. The van der Waals surface area contributed by atoms with Crippen LogP contribution in [0, 0.1) is 0 Å². The number of hydrogen-bond acceptors (Lipinski definition) is 6. The van der Waals surface area contributed by atoms with E-state index in [2.05, 4.69) is 59.6 Å². The molecule has 0 aliphatic carbocycles. The van der Waals surface area contributed by atoms with E-state index in [0.717, 1.165) is 43.0 Å². The second kappa shape index (κ2) is 8.68. The number of hydrogen-bond donors (Lipinski definition) is 2. The van der Waals surface area contributed by atoms with Crippen molar-refractivity contribution in [3.63, 3.8) is 0 Å². The summed E-state index contributed by atoms with van der Waals surface area (Å²) in [6, 6.07) is 10.3. The van der Waals surface area contributed by atoms with Crippen LogP contribution in [-0.4, -0.2) is 30.9 Å². The van der Waals surface area contributed by atoms with Gasteiger partial charge in [0.1, 0.15) is 5.39 Å².